The van der Waals surface area contributed by atoms with Crippen molar-refractivity contribution in [1.82, 2.24) is 15.5 Å². The lowest BCUT2D eigenvalue weighted by Crippen LogP contribution is -2.25. The smallest absolute Gasteiger partial charge is 0.303 e. The second-order valence-electron chi connectivity index (χ2n) is 8.74. The minimum atomic E-state index is -0.711. The van der Waals surface area contributed by atoms with Gasteiger partial charge < -0.3 is 21.5 Å². The van der Waals surface area contributed by atoms with Crippen molar-refractivity contribution in [3.8, 4) is 0 Å². The molecule has 0 unspecified atom stereocenters. The van der Waals surface area contributed by atoms with Crippen LogP contribution in [0.2, 0.25) is 0 Å². The van der Waals surface area contributed by atoms with Gasteiger partial charge in [0, 0.05) is 45.4 Å². The fourth-order valence-electron chi connectivity index (χ4n) is 2.99. The summed E-state index contributed by atoms with van der Waals surface area (Å²) in [5, 5.41) is 13.6. The summed E-state index contributed by atoms with van der Waals surface area (Å²) >= 11 is 5.23. The Hall–Kier alpha value is -3.72. The predicted molar refractivity (Wildman–Crippen MR) is 167 cm³/mol. The standard InChI is InChI=1S/C11H15NO.C10H13ClN2O.C7H9N.C4H8O2/c1-2-6-11(13)12-9-10-7-4-3-5-8-10;11-13-7-6-10(14)12-8-9-4-2-1-3-5-9;8-6-7-4-2-1-3-5-7;1-2-3-4(5)6/h3-5,7-8H,2,6,9H2,1H3,(H,12,13);1-5,13H,6-8H2,(H,12,14);1-5H,6,8H2;2-3H2,1H3,(H,5,6). The maximum absolute atomic E-state index is 11.2. The van der Waals surface area contributed by atoms with Crippen LogP contribution in [-0.2, 0) is 34.0 Å². The van der Waals surface area contributed by atoms with E-state index in [1.165, 1.54) is 5.56 Å². The van der Waals surface area contributed by atoms with E-state index in [0.29, 0.717) is 45.4 Å². The molecule has 0 aliphatic heterocycles. The number of halogens is 1. The van der Waals surface area contributed by atoms with E-state index in [4.69, 9.17) is 22.6 Å². The number of nitrogens with two attached hydrogens (primary N) is 1. The van der Waals surface area contributed by atoms with Gasteiger partial charge in [-0.3, -0.25) is 14.4 Å². The molecule has 2 amide bonds. The first-order valence-electron chi connectivity index (χ1n) is 13.8. The number of hydrogen-bond donors (Lipinski definition) is 5. The minimum Gasteiger partial charge on any atom is -0.481 e. The number of benzene rings is 3. The van der Waals surface area contributed by atoms with Crippen LogP contribution in [0.5, 0.6) is 0 Å². The van der Waals surface area contributed by atoms with Gasteiger partial charge in [0.15, 0.2) is 0 Å². The zero-order chi connectivity index (χ0) is 30.6. The summed E-state index contributed by atoms with van der Waals surface area (Å²) < 4.78 is 0. The monoisotopic (exact) mass is 584 g/mol. The van der Waals surface area contributed by atoms with Crippen LogP contribution in [0.1, 0.15) is 62.6 Å². The van der Waals surface area contributed by atoms with Crippen molar-refractivity contribution in [2.75, 3.05) is 6.54 Å². The molecular formula is C32H45ClN4O4. The molecule has 9 heteroatoms. The van der Waals surface area contributed by atoms with Crippen LogP contribution in [0.4, 0.5) is 0 Å². The average molecular weight is 585 g/mol. The zero-order valence-corrected chi connectivity index (χ0v) is 24.9. The number of carboxylic acid groups (broad SMARTS) is 1. The van der Waals surface area contributed by atoms with Gasteiger partial charge in [-0.1, -0.05) is 105 Å². The van der Waals surface area contributed by atoms with E-state index in [9.17, 15) is 14.4 Å². The molecule has 0 saturated carbocycles. The van der Waals surface area contributed by atoms with Crippen LogP contribution < -0.4 is 21.2 Å². The van der Waals surface area contributed by atoms with Crippen LogP contribution in [0, 0.1) is 0 Å². The first kappa shape index (κ1) is 37.3. The number of carbonyl (C=O) groups is 3. The molecule has 0 fully saturated rings. The second kappa shape index (κ2) is 26.5. The van der Waals surface area contributed by atoms with Crippen LogP contribution in [0.15, 0.2) is 91.0 Å². The number of nitrogens with one attached hydrogen (secondary N) is 3. The van der Waals surface area contributed by atoms with E-state index in [1.54, 1.807) is 0 Å². The first-order chi connectivity index (χ1) is 19.9. The summed E-state index contributed by atoms with van der Waals surface area (Å²) in [5.41, 5.74) is 8.78. The van der Waals surface area contributed by atoms with Crippen LogP contribution in [-0.4, -0.2) is 29.4 Å². The number of carboxylic acids is 1. The highest BCUT2D eigenvalue weighted by Crippen LogP contribution is 1.98. The van der Waals surface area contributed by atoms with Gasteiger partial charge in [-0.05, 0) is 41.3 Å². The van der Waals surface area contributed by atoms with Crippen LogP contribution in [0.3, 0.4) is 0 Å². The normalized spacial score (nSPS) is 9.37. The molecule has 6 N–H and O–H groups in total. The topological polar surface area (TPSA) is 134 Å². The summed E-state index contributed by atoms with van der Waals surface area (Å²) in [7, 11) is 0. The van der Waals surface area contributed by atoms with Crippen molar-refractivity contribution < 1.29 is 19.5 Å². The van der Waals surface area contributed by atoms with Crippen molar-refractivity contribution >= 4 is 29.6 Å². The molecule has 0 aliphatic rings. The van der Waals surface area contributed by atoms with E-state index in [0.717, 1.165) is 24.0 Å². The molecule has 8 nitrogen and oxygen atoms in total. The largest absolute Gasteiger partial charge is 0.481 e. The van der Waals surface area contributed by atoms with E-state index in [-0.39, 0.29) is 11.8 Å². The van der Waals surface area contributed by atoms with Crippen molar-refractivity contribution in [3.05, 3.63) is 108 Å². The van der Waals surface area contributed by atoms with Gasteiger partial charge in [0.05, 0.1) is 0 Å². The number of carbonyl (C=O) groups excluding carboxylic acids is 2. The molecule has 224 valence electrons. The second-order valence-corrected chi connectivity index (χ2v) is 9.01. The molecule has 0 spiro atoms. The number of amides is 2. The molecule has 0 atom stereocenters. The molecular weight excluding hydrogens is 540 g/mol. The predicted octanol–water partition coefficient (Wildman–Crippen LogP) is 5.56. The van der Waals surface area contributed by atoms with Crippen molar-refractivity contribution in [2.24, 2.45) is 5.73 Å². The third-order valence-corrected chi connectivity index (χ3v) is 5.32. The molecule has 0 heterocycles. The third kappa shape index (κ3) is 23.8. The average Bonchev–Trinajstić information content (AvgIpc) is 3.00. The summed E-state index contributed by atoms with van der Waals surface area (Å²) in [4.78, 5) is 34.3. The quantitative estimate of drug-likeness (QED) is 0.177. The minimum absolute atomic E-state index is 0.00185. The van der Waals surface area contributed by atoms with Crippen LogP contribution in [0.25, 0.3) is 0 Å². The Morgan fingerprint density at radius 2 is 1.05 bits per heavy atom. The summed E-state index contributed by atoms with van der Waals surface area (Å²) in [6, 6.07) is 29.7. The molecule has 0 aliphatic carbocycles. The van der Waals surface area contributed by atoms with Crippen molar-refractivity contribution in [3.63, 3.8) is 0 Å². The SMILES string of the molecule is CCCC(=O)NCc1ccccc1.CCCC(=O)O.NCc1ccccc1.O=C(CCNCl)NCc1ccccc1. The zero-order valence-electron chi connectivity index (χ0n) is 24.2. The van der Waals surface area contributed by atoms with Gasteiger partial charge >= 0.3 is 5.97 Å². The van der Waals surface area contributed by atoms with E-state index < -0.39 is 5.97 Å². The molecule has 0 saturated heterocycles. The van der Waals surface area contributed by atoms with Gasteiger partial charge in [-0.2, -0.15) is 0 Å². The number of rotatable bonds is 12. The highest BCUT2D eigenvalue weighted by atomic mass is 35.5. The number of hydrogen-bond acceptors (Lipinski definition) is 5. The molecule has 0 bridgehead atoms. The lowest BCUT2D eigenvalue weighted by Gasteiger charge is -2.04. The molecule has 41 heavy (non-hydrogen) atoms. The summed E-state index contributed by atoms with van der Waals surface area (Å²) in [6.07, 6.45) is 2.94. The Balaban J connectivity index is 0.000000547. The van der Waals surface area contributed by atoms with E-state index in [2.05, 4.69) is 15.5 Å². The van der Waals surface area contributed by atoms with E-state index >= 15 is 0 Å². The van der Waals surface area contributed by atoms with Gasteiger partial charge in [-0.25, -0.2) is 4.84 Å². The summed E-state index contributed by atoms with van der Waals surface area (Å²) in [6.45, 7) is 6.18. The Kier molecular flexibility index (Phi) is 24.1. The Labute approximate surface area is 249 Å². The Morgan fingerprint density at radius 3 is 1.34 bits per heavy atom. The Bertz CT molecular complexity index is 1060. The summed E-state index contributed by atoms with van der Waals surface area (Å²) in [5.74, 6) is -0.578. The first-order valence-corrected chi connectivity index (χ1v) is 14.1. The molecule has 3 rings (SSSR count). The van der Waals surface area contributed by atoms with Gasteiger partial charge in [-0.15, -0.1) is 0 Å². The Morgan fingerprint density at radius 1 is 0.659 bits per heavy atom. The highest BCUT2D eigenvalue weighted by Gasteiger charge is 1.99. The molecule has 3 aromatic rings. The lowest BCUT2D eigenvalue weighted by molar-refractivity contribution is -0.137. The fourth-order valence-corrected chi connectivity index (χ4v) is 3.08. The molecule has 3 aromatic carbocycles. The molecule has 0 aromatic heterocycles. The molecule has 0 radical (unpaired) electrons. The third-order valence-electron chi connectivity index (χ3n) is 5.13. The highest BCUT2D eigenvalue weighted by molar-refractivity contribution is 6.13. The van der Waals surface area contributed by atoms with Crippen molar-refractivity contribution in [1.29, 1.82) is 0 Å². The van der Waals surface area contributed by atoms with Gasteiger partial charge in [0.2, 0.25) is 11.8 Å². The van der Waals surface area contributed by atoms with E-state index in [1.807, 2.05) is 105 Å². The van der Waals surface area contributed by atoms with Gasteiger partial charge in [0.1, 0.15) is 0 Å². The lowest BCUT2D eigenvalue weighted by atomic mass is 10.2. The maximum Gasteiger partial charge on any atom is 0.303 e. The van der Waals surface area contributed by atoms with Crippen molar-refractivity contribution in [2.45, 2.75) is 65.6 Å². The number of aliphatic carboxylic acids is 1. The maximum atomic E-state index is 11.2. The van der Waals surface area contributed by atoms with Crippen LogP contribution >= 0.6 is 11.8 Å². The fraction of sp³-hybridized carbons (Fsp3) is 0.344. The van der Waals surface area contributed by atoms with Gasteiger partial charge in [0.25, 0.3) is 0 Å².